The van der Waals surface area contributed by atoms with E-state index in [1.807, 2.05) is 0 Å². The Labute approximate surface area is 109 Å². The lowest BCUT2D eigenvalue weighted by atomic mass is 9.88. The molecular formula is C13H13NO5. The summed E-state index contributed by atoms with van der Waals surface area (Å²) < 4.78 is 0. The highest BCUT2D eigenvalue weighted by atomic mass is 16.4. The molecule has 0 spiro atoms. The molecule has 0 saturated carbocycles. The van der Waals surface area contributed by atoms with Crippen LogP contribution in [0.25, 0.3) is 0 Å². The van der Waals surface area contributed by atoms with Crippen LogP contribution in [0.15, 0.2) is 18.2 Å². The standard InChI is InChI=1S/C13H13NO5/c15-10-3-1-7(6-12(17)18)5-9(10)8-2-4-11(16)14-13(8)19/h1,3,5,8,15H,2,4,6H2,(H,17,18)(H,14,16,19). The summed E-state index contributed by atoms with van der Waals surface area (Å²) in [5.41, 5.74) is 0.869. The van der Waals surface area contributed by atoms with Crippen molar-refractivity contribution in [1.82, 2.24) is 5.32 Å². The molecule has 0 aromatic heterocycles. The van der Waals surface area contributed by atoms with E-state index in [9.17, 15) is 19.5 Å². The van der Waals surface area contributed by atoms with Crippen molar-refractivity contribution in [3.8, 4) is 5.75 Å². The molecule has 1 aliphatic heterocycles. The molecule has 2 rings (SSSR count). The van der Waals surface area contributed by atoms with Gasteiger partial charge in [0.05, 0.1) is 12.3 Å². The van der Waals surface area contributed by atoms with Crippen molar-refractivity contribution in [2.24, 2.45) is 0 Å². The normalized spacial score (nSPS) is 19.1. The number of hydrogen-bond donors (Lipinski definition) is 3. The molecule has 0 bridgehead atoms. The third kappa shape index (κ3) is 2.90. The number of carboxylic acids is 1. The third-order valence-electron chi connectivity index (χ3n) is 3.06. The van der Waals surface area contributed by atoms with E-state index in [2.05, 4.69) is 5.32 Å². The van der Waals surface area contributed by atoms with Gasteiger partial charge < -0.3 is 10.2 Å². The van der Waals surface area contributed by atoms with Gasteiger partial charge in [0, 0.05) is 12.0 Å². The topological polar surface area (TPSA) is 104 Å². The van der Waals surface area contributed by atoms with Crippen molar-refractivity contribution in [1.29, 1.82) is 0 Å². The van der Waals surface area contributed by atoms with Crippen LogP contribution in [0.4, 0.5) is 0 Å². The maximum atomic E-state index is 11.7. The number of phenolic OH excluding ortho intramolecular Hbond substituents is 1. The van der Waals surface area contributed by atoms with Crippen molar-refractivity contribution in [3.63, 3.8) is 0 Å². The molecular weight excluding hydrogens is 250 g/mol. The summed E-state index contributed by atoms with van der Waals surface area (Å²) in [4.78, 5) is 33.5. The van der Waals surface area contributed by atoms with E-state index in [0.717, 1.165) is 0 Å². The van der Waals surface area contributed by atoms with Crippen molar-refractivity contribution >= 4 is 17.8 Å². The van der Waals surface area contributed by atoms with E-state index in [4.69, 9.17) is 5.11 Å². The lowest BCUT2D eigenvalue weighted by Gasteiger charge is -2.22. The van der Waals surface area contributed by atoms with Gasteiger partial charge in [-0.2, -0.15) is 0 Å². The molecule has 6 nitrogen and oxygen atoms in total. The van der Waals surface area contributed by atoms with Gasteiger partial charge in [-0.25, -0.2) is 0 Å². The number of piperidine rings is 1. The van der Waals surface area contributed by atoms with Crippen molar-refractivity contribution in [3.05, 3.63) is 29.3 Å². The average molecular weight is 263 g/mol. The minimum atomic E-state index is -0.986. The number of imide groups is 1. The number of amides is 2. The number of carbonyl (C=O) groups is 3. The number of aliphatic carboxylic acids is 1. The Balaban J connectivity index is 2.30. The first-order valence-electron chi connectivity index (χ1n) is 5.84. The largest absolute Gasteiger partial charge is 0.508 e. The maximum absolute atomic E-state index is 11.7. The number of phenols is 1. The van der Waals surface area contributed by atoms with Gasteiger partial charge in [0.25, 0.3) is 0 Å². The van der Waals surface area contributed by atoms with Gasteiger partial charge in [-0.3, -0.25) is 19.7 Å². The Hall–Kier alpha value is -2.37. The Kier molecular flexibility index (Phi) is 3.50. The number of benzene rings is 1. The van der Waals surface area contributed by atoms with Crippen LogP contribution in [0.3, 0.4) is 0 Å². The third-order valence-corrected chi connectivity index (χ3v) is 3.06. The quantitative estimate of drug-likeness (QED) is 0.690. The molecule has 3 N–H and O–H groups in total. The SMILES string of the molecule is O=C(O)Cc1ccc(O)c(C2CCC(=O)NC2=O)c1. The summed E-state index contributed by atoms with van der Waals surface area (Å²) in [6.07, 6.45) is 0.342. The fourth-order valence-corrected chi connectivity index (χ4v) is 2.16. The van der Waals surface area contributed by atoms with Crippen LogP contribution in [0.5, 0.6) is 5.75 Å². The number of carboxylic acid groups (broad SMARTS) is 1. The summed E-state index contributed by atoms with van der Waals surface area (Å²) >= 11 is 0. The summed E-state index contributed by atoms with van der Waals surface area (Å²) in [5.74, 6) is -2.46. The molecule has 1 unspecified atom stereocenters. The monoisotopic (exact) mass is 263 g/mol. The minimum absolute atomic E-state index is 0.0661. The first-order valence-corrected chi connectivity index (χ1v) is 5.84. The first kappa shape index (κ1) is 13.1. The van der Waals surface area contributed by atoms with Crippen molar-refractivity contribution < 1.29 is 24.6 Å². The number of rotatable bonds is 3. The molecule has 6 heteroatoms. The van der Waals surface area contributed by atoms with E-state index in [1.54, 1.807) is 0 Å². The molecule has 1 heterocycles. The Morgan fingerprint density at radius 3 is 2.74 bits per heavy atom. The van der Waals surface area contributed by atoms with Gasteiger partial charge in [-0.05, 0) is 18.1 Å². The first-order chi connectivity index (χ1) is 8.97. The van der Waals surface area contributed by atoms with Crippen LogP contribution >= 0.6 is 0 Å². The summed E-state index contributed by atoms with van der Waals surface area (Å²) in [7, 11) is 0. The van der Waals surface area contributed by atoms with Crippen LogP contribution in [0.2, 0.25) is 0 Å². The second-order valence-electron chi connectivity index (χ2n) is 4.47. The molecule has 19 heavy (non-hydrogen) atoms. The fourth-order valence-electron chi connectivity index (χ4n) is 2.16. The molecule has 1 aliphatic rings. The molecule has 1 saturated heterocycles. The molecule has 0 radical (unpaired) electrons. The van der Waals surface area contributed by atoms with Crippen LogP contribution in [0, 0.1) is 0 Å². The van der Waals surface area contributed by atoms with Crippen molar-refractivity contribution in [2.45, 2.75) is 25.2 Å². The Morgan fingerprint density at radius 1 is 1.37 bits per heavy atom. The average Bonchev–Trinajstić information content (AvgIpc) is 2.31. The van der Waals surface area contributed by atoms with Crippen LogP contribution in [-0.2, 0) is 20.8 Å². The zero-order valence-corrected chi connectivity index (χ0v) is 10.0. The zero-order chi connectivity index (χ0) is 14.0. The predicted molar refractivity (Wildman–Crippen MR) is 64.6 cm³/mol. The van der Waals surface area contributed by atoms with Gasteiger partial charge in [-0.15, -0.1) is 0 Å². The van der Waals surface area contributed by atoms with Crippen LogP contribution in [0.1, 0.15) is 29.9 Å². The zero-order valence-electron chi connectivity index (χ0n) is 10.0. The summed E-state index contributed by atoms with van der Waals surface area (Å²) in [5, 5.41) is 20.7. The molecule has 1 fully saturated rings. The lowest BCUT2D eigenvalue weighted by Crippen LogP contribution is -2.39. The fraction of sp³-hybridized carbons (Fsp3) is 0.308. The molecule has 100 valence electrons. The van der Waals surface area contributed by atoms with E-state index >= 15 is 0 Å². The van der Waals surface area contributed by atoms with Gasteiger partial charge in [0.15, 0.2) is 0 Å². The van der Waals surface area contributed by atoms with Crippen LogP contribution in [-0.4, -0.2) is 28.0 Å². The Bertz CT molecular complexity index is 552. The highest BCUT2D eigenvalue weighted by Gasteiger charge is 2.29. The Morgan fingerprint density at radius 2 is 2.11 bits per heavy atom. The minimum Gasteiger partial charge on any atom is -0.508 e. The van der Waals surface area contributed by atoms with Crippen LogP contribution < -0.4 is 5.32 Å². The number of carbonyl (C=O) groups excluding carboxylic acids is 2. The summed E-state index contributed by atoms with van der Waals surface area (Å²) in [6, 6.07) is 4.37. The number of nitrogens with one attached hydrogen (secondary N) is 1. The second-order valence-corrected chi connectivity index (χ2v) is 4.47. The van der Waals surface area contributed by atoms with Gasteiger partial charge in [0.1, 0.15) is 5.75 Å². The van der Waals surface area contributed by atoms with E-state index in [-0.39, 0.29) is 24.5 Å². The predicted octanol–water partition coefficient (Wildman–Crippen LogP) is 0.539. The molecule has 2 amide bonds. The number of aromatic hydroxyl groups is 1. The van der Waals surface area contributed by atoms with E-state index in [1.165, 1.54) is 18.2 Å². The van der Waals surface area contributed by atoms with Gasteiger partial charge in [0.2, 0.25) is 11.8 Å². The van der Waals surface area contributed by atoms with Gasteiger partial charge >= 0.3 is 5.97 Å². The van der Waals surface area contributed by atoms with E-state index in [0.29, 0.717) is 17.5 Å². The highest BCUT2D eigenvalue weighted by molar-refractivity contribution is 6.01. The van der Waals surface area contributed by atoms with E-state index < -0.39 is 17.8 Å². The summed E-state index contributed by atoms with van der Waals surface area (Å²) in [6.45, 7) is 0. The van der Waals surface area contributed by atoms with Gasteiger partial charge in [-0.1, -0.05) is 12.1 Å². The maximum Gasteiger partial charge on any atom is 0.307 e. The highest BCUT2D eigenvalue weighted by Crippen LogP contribution is 2.32. The second kappa shape index (κ2) is 5.09. The lowest BCUT2D eigenvalue weighted by molar-refractivity contribution is -0.136. The van der Waals surface area contributed by atoms with Crippen molar-refractivity contribution in [2.75, 3.05) is 0 Å². The molecule has 0 aliphatic carbocycles. The molecule has 1 aromatic carbocycles. The molecule has 1 aromatic rings. The molecule has 1 atom stereocenters. The number of hydrogen-bond acceptors (Lipinski definition) is 4. The smallest absolute Gasteiger partial charge is 0.307 e.